The number of hydrogen-bond acceptors (Lipinski definition) is 4. The third kappa shape index (κ3) is 4.89. The Bertz CT molecular complexity index is 882. The van der Waals surface area contributed by atoms with Crippen LogP contribution in [0.25, 0.3) is 0 Å². The van der Waals surface area contributed by atoms with Crippen molar-refractivity contribution < 1.29 is 19.1 Å². The summed E-state index contributed by atoms with van der Waals surface area (Å²) in [5, 5.41) is 2.99. The van der Waals surface area contributed by atoms with E-state index >= 15 is 0 Å². The number of amides is 2. The number of hydrogen-bond donors (Lipinski definition) is 1. The summed E-state index contributed by atoms with van der Waals surface area (Å²) in [6.07, 6.45) is -0.134. The Labute approximate surface area is 168 Å². The number of ether oxygens (including phenoxy) is 1. The van der Waals surface area contributed by atoms with Crippen LogP contribution in [0, 0.1) is 0 Å². The van der Waals surface area contributed by atoms with Gasteiger partial charge in [-0.05, 0) is 48.7 Å². The van der Waals surface area contributed by atoms with Crippen molar-refractivity contribution in [2.75, 3.05) is 13.1 Å². The number of nitrogens with zero attached hydrogens (tertiary/aromatic N) is 1. The summed E-state index contributed by atoms with van der Waals surface area (Å²) >= 11 is 5.78. The standard InChI is InChI=1S/C21H21ClN2O4/c1-14(21(27)24-11-10-15-4-2-3-5-17(15)13-24)28-19(25)12-23-20(26)16-6-8-18(22)9-7-16/h2-9,14H,10-13H2,1H3,(H,23,26)/t14-/m1/s1. The molecule has 1 aliphatic heterocycles. The second-order valence-electron chi connectivity index (χ2n) is 6.60. The Morgan fingerprint density at radius 1 is 1.11 bits per heavy atom. The van der Waals surface area contributed by atoms with E-state index in [2.05, 4.69) is 11.4 Å². The topological polar surface area (TPSA) is 75.7 Å². The van der Waals surface area contributed by atoms with Crippen LogP contribution in [-0.2, 0) is 27.3 Å². The number of carbonyl (C=O) groups is 3. The molecular formula is C21H21ClN2O4. The second kappa shape index (κ2) is 8.89. The molecule has 2 aromatic rings. The zero-order chi connectivity index (χ0) is 20.1. The van der Waals surface area contributed by atoms with Gasteiger partial charge in [0.25, 0.3) is 11.8 Å². The minimum absolute atomic E-state index is 0.244. The molecule has 0 aliphatic carbocycles. The molecule has 1 atom stereocenters. The van der Waals surface area contributed by atoms with Crippen molar-refractivity contribution in [1.82, 2.24) is 10.2 Å². The van der Waals surface area contributed by atoms with Crippen LogP contribution < -0.4 is 5.32 Å². The number of halogens is 1. The molecule has 0 saturated heterocycles. The van der Waals surface area contributed by atoms with Gasteiger partial charge in [-0.15, -0.1) is 0 Å². The van der Waals surface area contributed by atoms with Crippen LogP contribution in [0.15, 0.2) is 48.5 Å². The van der Waals surface area contributed by atoms with Crippen LogP contribution in [0.3, 0.4) is 0 Å². The highest BCUT2D eigenvalue weighted by molar-refractivity contribution is 6.30. The van der Waals surface area contributed by atoms with Crippen LogP contribution in [0.1, 0.15) is 28.4 Å². The molecule has 3 rings (SSSR count). The largest absolute Gasteiger partial charge is 0.451 e. The van der Waals surface area contributed by atoms with Gasteiger partial charge in [0.05, 0.1) is 0 Å². The molecule has 2 amide bonds. The lowest BCUT2D eigenvalue weighted by Gasteiger charge is -2.30. The molecule has 0 unspecified atom stereocenters. The minimum atomic E-state index is -0.912. The molecule has 1 aliphatic rings. The van der Waals surface area contributed by atoms with Crippen molar-refractivity contribution in [1.29, 1.82) is 0 Å². The maximum Gasteiger partial charge on any atom is 0.326 e. The van der Waals surface area contributed by atoms with E-state index in [9.17, 15) is 14.4 Å². The van der Waals surface area contributed by atoms with E-state index in [0.717, 1.165) is 12.0 Å². The van der Waals surface area contributed by atoms with E-state index in [0.29, 0.717) is 23.7 Å². The van der Waals surface area contributed by atoms with Gasteiger partial charge in [-0.1, -0.05) is 35.9 Å². The molecule has 28 heavy (non-hydrogen) atoms. The summed E-state index contributed by atoms with van der Waals surface area (Å²) in [6.45, 7) is 2.32. The SMILES string of the molecule is C[C@@H](OC(=O)CNC(=O)c1ccc(Cl)cc1)C(=O)N1CCc2ccccc2C1. The molecule has 6 nitrogen and oxygen atoms in total. The predicted molar refractivity (Wildman–Crippen MR) is 105 cm³/mol. The zero-order valence-corrected chi connectivity index (χ0v) is 16.2. The van der Waals surface area contributed by atoms with Crippen molar-refractivity contribution in [3.05, 3.63) is 70.2 Å². The van der Waals surface area contributed by atoms with Gasteiger partial charge in [0.1, 0.15) is 6.54 Å². The van der Waals surface area contributed by atoms with Gasteiger partial charge in [0.2, 0.25) is 0 Å². The van der Waals surface area contributed by atoms with E-state index < -0.39 is 18.0 Å². The number of carbonyl (C=O) groups excluding carboxylic acids is 3. The Kier molecular flexibility index (Phi) is 6.31. The first-order chi connectivity index (χ1) is 13.4. The third-order valence-electron chi connectivity index (χ3n) is 4.60. The molecule has 0 fully saturated rings. The number of nitrogens with one attached hydrogen (secondary N) is 1. The van der Waals surface area contributed by atoms with Crippen molar-refractivity contribution in [2.24, 2.45) is 0 Å². The number of fused-ring (bicyclic) bond motifs is 1. The van der Waals surface area contributed by atoms with Crippen LogP contribution in [-0.4, -0.2) is 41.9 Å². The second-order valence-corrected chi connectivity index (χ2v) is 7.04. The van der Waals surface area contributed by atoms with Gasteiger partial charge < -0.3 is 15.0 Å². The third-order valence-corrected chi connectivity index (χ3v) is 4.85. The van der Waals surface area contributed by atoms with E-state index in [1.807, 2.05) is 18.2 Å². The Balaban J connectivity index is 1.48. The number of esters is 1. The molecule has 0 saturated carbocycles. The first-order valence-corrected chi connectivity index (χ1v) is 9.40. The quantitative estimate of drug-likeness (QED) is 0.783. The van der Waals surface area contributed by atoms with Crippen molar-refractivity contribution in [2.45, 2.75) is 26.0 Å². The van der Waals surface area contributed by atoms with Gasteiger partial charge in [-0.25, -0.2) is 0 Å². The summed E-state index contributed by atoms with van der Waals surface area (Å²) in [7, 11) is 0. The lowest BCUT2D eigenvalue weighted by Crippen LogP contribution is -2.43. The molecule has 146 valence electrons. The average Bonchev–Trinajstić information content (AvgIpc) is 2.71. The molecular weight excluding hydrogens is 380 g/mol. The molecule has 0 radical (unpaired) electrons. The molecule has 1 N–H and O–H groups in total. The summed E-state index contributed by atoms with van der Waals surface area (Å²) < 4.78 is 5.19. The monoisotopic (exact) mass is 400 g/mol. The predicted octanol–water partition coefficient (Wildman–Crippen LogP) is 2.59. The first kappa shape index (κ1) is 19.9. The molecule has 0 spiro atoms. The summed E-state index contributed by atoms with van der Waals surface area (Å²) in [5.41, 5.74) is 2.73. The van der Waals surface area contributed by atoms with Crippen LogP contribution in [0.5, 0.6) is 0 Å². The van der Waals surface area contributed by atoms with Crippen LogP contribution >= 0.6 is 11.6 Å². The normalized spacial score (nSPS) is 14.0. The molecule has 0 bridgehead atoms. The van der Waals surface area contributed by atoms with Gasteiger partial charge in [0, 0.05) is 23.7 Å². The lowest BCUT2D eigenvalue weighted by molar-refractivity contribution is -0.158. The fourth-order valence-corrected chi connectivity index (χ4v) is 3.21. The Morgan fingerprint density at radius 3 is 2.50 bits per heavy atom. The van der Waals surface area contributed by atoms with Crippen LogP contribution in [0.2, 0.25) is 5.02 Å². The summed E-state index contributed by atoms with van der Waals surface area (Å²) in [4.78, 5) is 38.3. The van der Waals surface area contributed by atoms with Crippen molar-refractivity contribution >= 4 is 29.4 Å². The van der Waals surface area contributed by atoms with E-state index in [1.54, 1.807) is 36.1 Å². The highest BCUT2D eigenvalue weighted by Crippen LogP contribution is 2.19. The fraction of sp³-hybridized carbons (Fsp3) is 0.286. The van der Waals surface area contributed by atoms with Crippen molar-refractivity contribution in [3.8, 4) is 0 Å². The number of rotatable bonds is 5. The van der Waals surface area contributed by atoms with E-state index in [4.69, 9.17) is 16.3 Å². The molecule has 1 heterocycles. The average molecular weight is 401 g/mol. The van der Waals surface area contributed by atoms with Gasteiger partial charge >= 0.3 is 5.97 Å². The van der Waals surface area contributed by atoms with E-state index in [1.165, 1.54) is 5.56 Å². The van der Waals surface area contributed by atoms with Crippen molar-refractivity contribution in [3.63, 3.8) is 0 Å². The van der Waals surface area contributed by atoms with E-state index in [-0.39, 0.29) is 12.5 Å². The Hall–Kier alpha value is -2.86. The maximum atomic E-state index is 12.6. The number of benzene rings is 2. The highest BCUT2D eigenvalue weighted by atomic mass is 35.5. The zero-order valence-electron chi connectivity index (χ0n) is 15.5. The lowest BCUT2D eigenvalue weighted by atomic mass is 9.99. The van der Waals surface area contributed by atoms with Gasteiger partial charge in [0.15, 0.2) is 6.10 Å². The minimum Gasteiger partial charge on any atom is -0.451 e. The van der Waals surface area contributed by atoms with Crippen LogP contribution in [0.4, 0.5) is 0 Å². The maximum absolute atomic E-state index is 12.6. The molecule has 2 aromatic carbocycles. The van der Waals surface area contributed by atoms with Gasteiger partial charge in [-0.2, -0.15) is 0 Å². The van der Waals surface area contributed by atoms with Gasteiger partial charge in [-0.3, -0.25) is 14.4 Å². The Morgan fingerprint density at radius 2 is 1.79 bits per heavy atom. The summed E-state index contributed by atoms with van der Waals surface area (Å²) in [6, 6.07) is 14.3. The smallest absolute Gasteiger partial charge is 0.326 e. The molecule has 7 heteroatoms. The summed E-state index contributed by atoms with van der Waals surface area (Å²) in [5.74, 6) is -1.33. The molecule has 0 aromatic heterocycles. The fourth-order valence-electron chi connectivity index (χ4n) is 3.09. The first-order valence-electron chi connectivity index (χ1n) is 9.03. The highest BCUT2D eigenvalue weighted by Gasteiger charge is 2.27.